The van der Waals surface area contributed by atoms with E-state index >= 15 is 0 Å². The van der Waals surface area contributed by atoms with Gasteiger partial charge < -0.3 is 19.5 Å². The minimum absolute atomic E-state index is 0.206. The maximum Gasteiger partial charge on any atom is 0.344 e. The van der Waals surface area contributed by atoms with E-state index in [1.54, 1.807) is 30.3 Å². The molecule has 0 heterocycles. The second kappa shape index (κ2) is 9.22. The van der Waals surface area contributed by atoms with Gasteiger partial charge in [0.15, 0.2) is 13.2 Å². The molecular formula is C19H19NO6. The van der Waals surface area contributed by atoms with Gasteiger partial charge in [-0.05, 0) is 36.8 Å². The third kappa shape index (κ3) is 5.62. The number of nitrogens with one attached hydrogen (secondary N) is 1. The van der Waals surface area contributed by atoms with Crippen LogP contribution in [0.3, 0.4) is 0 Å². The van der Waals surface area contributed by atoms with Gasteiger partial charge in [-0.3, -0.25) is 4.79 Å². The molecule has 0 unspecified atom stereocenters. The molecule has 2 aromatic carbocycles. The van der Waals surface area contributed by atoms with Gasteiger partial charge in [0, 0.05) is 0 Å². The van der Waals surface area contributed by atoms with Crippen molar-refractivity contribution in [1.29, 1.82) is 0 Å². The van der Waals surface area contributed by atoms with Crippen LogP contribution in [0.4, 0.5) is 5.69 Å². The first-order chi connectivity index (χ1) is 12.5. The summed E-state index contributed by atoms with van der Waals surface area (Å²) in [6, 6.07) is 13.6. The molecule has 1 N–H and O–H groups in total. The SMILES string of the molecule is COC(=O)c1ccccc1NC(=O)COC(=O)COc1cccc(C)c1. The molecule has 0 bridgehead atoms. The van der Waals surface area contributed by atoms with E-state index in [-0.39, 0.29) is 17.9 Å². The quantitative estimate of drug-likeness (QED) is 0.765. The Kier molecular flexibility index (Phi) is 6.73. The molecule has 2 rings (SSSR count). The number of benzene rings is 2. The number of ether oxygens (including phenoxy) is 3. The van der Waals surface area contributed by atoms with Crippen LogP contribution in [0.15, 0.2) is 48.5 Å². The molecule has 2 aromatic rings. The molecule has 0 aliphatic rings. The number of methoxy groups -OCH3 is 1. The van der Waals surface area contributed by atoms with Crippen molar-refractivity contribution < 1.29 is 28.6 Å². The summed E-state index contributed by atoms with van der Waals surface area (Å²) in [5.41, 5.74) is 1.48. The first-order valence-corrected chi connectivity index (χ1v) is 7.82. The van der Waals surface area contributed by atoms with Crippen LogP contribution in [0.5, 0.6) is 5.75 Å². The fourth-order valence-corrected chi connectivity index (χ4v) is 2.10. The molecule has 0 atom stereocenters. The van der Waals surface area contributed by atoms with E-state index in [0.717, 1.165) is 5.56 Å². The second-order valence-corrected chi connectivity index (χ2v) is 5.35. The van der Waals surface area contributed by atoms with Crippen molar-refractivity contribution in [3.63, 3.8) is 0 Å². The maximum absolute atomic E-state index is 11.9. The Balaban J connectivity index is 1.81. The number of hydrogen-bond acceptors (Lipinski definition) is 6. The van der Waals surface area contributed by atoms with Crippen LogP contribution < -0.4 is 10.1 Å². The van der Waals surface area contributed by atoms with Crippen LogP contribution >= 0.6 is 0 Å². The highest BCUT2D eigenvalue weighted by Crippen LogP contribution is 2.16. The van der Waals surface area contributed by atoms with E-state index in [1.807, 2.05) is 19.1 Å². The first kappa shape index (κ1) is 19.0. The Hall–Kier alpha value is -3.35. The molecule has 0 aromatic heterocycles. The van der Waals surface area contributed by atoms with E-state index in [4.69, 9.17) is 9.47 Å². The summed E-state index contributed by atoms with van der Waals surface area (Å²) >= 11 is 0. The van der Waals surface area contributed by atoms with Gasteiger partial charge in [0.05, 0.1) is 18.4 Å². The number of hydrogen-bond donors (Lipinski definition) is 1. The molecule has 0 radical (unpaired) electrons. The van der Waals surface area contributed by atoms with Gasteiger partial charge in [0.2, 0.25) is 0 Å². The van der Waals surface area contributed by atoms with Gasteiger partial charge in [0.25, 0.3) is 5.91 Å². The summed E-state index contributed by atoms with van der Waals surface area (Å²) in [5, 5.41) is 2.50. The van der Waals surface area contributed by atoms with Crippen LogP contribution in [0.2, 0.25) is 0 Å². The Morgan fingerprint density at radius 1 is 1.00 bits per heavy atom. The molecule has 26 heavy (non-hydrogen) atoms. The molecule has 0 fully saturated rings. The van der Waals surface area contributed by atoms with Crippen molar-refractivity contribution >= 4 is 23.5 Å². The number of para-hydroxylation sites is 1. The minimum Gasteiger partial charge on any atom is -0.482 e. The Labute approximate surface area is 150 Å². The van der Waals surface area contributed by atoms with Gasteiger partial charge in [-0.1, -0.05) is 24.3 Å². The maximum atomic E-state index is 11.9. The summed E-state index contributed by atoms with van der Waals surface area (Å²) < 4.78 is 14.8. The summed E-state index contributed by atoms with van der Waals surface area (Å²) in [7, 11) is 1.25. The lowest BCUT2D eigenvalue weighted by atomic mass is 10.2. The van der Waals surface area contributed by atoms with E-state index < -0.39 is 24.5 Å². The lowest BCUT2D eigenvalue weighted by Crippen LogP contribution is -2.24. The van der Waals surface area contributed by atoms with Crippen LogP contribution in [0, 0.1) is 6.92 Å². The van der Waals surface area contributed by atoms with Gasteiger partial charge in [-0.25, -0.2) is 9.59 Å². The number of anilines is 1. The smallest absolute Gasteiger partial charge is 0.344 e. The normalized spacial score (nSPS) is 9.92. The van der Waals surface area contributed by atoms with E-state index in [0.29, 0.717) is 5.75 Å². The van der Waals surface area contributed by atoms with Gasteiger partial charge >= 0.3 is 11.9 Å². The molecule has 0 saturated carbocycles. The third-order valence-corrected chi connectivity index (χ3v) is 3.32. The molecule has 0 aliphatic heterocycles. The van der Waals surface area contributed by atoms with Crippen molar-refractivity contribution in [2.24, 2.45) is 0 Å². The summed E-state index contributed by atoms with van der Waals surface area (Å²) in [6.45, 7) is 1.10. The predicted molar refractivity (Wildman–Crippen MR) is 94.0 cm³/mol. The van der Waals surface area contributed by atoms with E-state index in [2.05, 4.69) is 10.1 Å². The topological polar surface area (TPSA) is 90.9 Å². The van der Waals surface area contributed by atoms with Crippen molar-refractivity contribution in [3.05, 3.63) is 59.7 Å². The standard InChI is InChI=1S/C19H19NO6/c1-13-6-5-7-14(10-13)25-12-18(22)26-11-17(21)20-16-9-4-3-8-15(16)19(23)24-2/h3-10H,11-12H2,1-2H3,(H,20,21). The average molecular weight is 357 g/mol. The zero-order valence-electron chi connectivity index (χ0n) is 14.5. The second-order valence-electron chi connectivity index (χ2n) is 5.35. The average Bonchev–Trinajstić information content (AvgIpc) is 2.64. The molecule has 7 nitrogen and oxygen atoms in total. The fourth-order valence-electron chi connectivity index (χ4n) is 2.10. The Morgan fingerprint density at radius 3 is 2.50 bits per heavy atom. The summed E-state index contributed by atoms with van der Waals surface area (Å²) in [6.07, 6.45) is 0. The monoisotopic (exact) mass is 357 g/mol. The number of aryl methyl sites for hydroxylation is 1. The molecular weight excluding hydrogens is 338 g/mol. The van der Waals surface area contributed by atoms with Gasteiger partial charge in [0.1, 0.15) is 5.75 Å². The first-order valence-electron chi connectivity index (χ1n) is 7.82. The zero-order chi connectivity index (χ0) is 18.9. The predicted octanol–water partition coefficient (Wildman–Crippen LogP) is 2.34. The molecule has 7 heteroatoms. The van der Waals surface area contributed by atoms with E-state index in [9.17, 15) is 14.4 Å². The number of rotatable bonds is 7. The molecule has 1 amide bonds. The largest absolute Gasteiger partial charge is 0.482 e. The Morgan fingerprint density at radius 2 is 1.77 bits per heavy atom. The van der Waals surface area contributed by atoms with Gasteiger partial charge in [-0.2, -0.15) is 0 Å². The van der Waals surface area contributed by atoms with Crippen molar-refractivity contribution in [3.8, 4) is 5.75 Å². The minimum atomic E-state index is -0.678. The van der Waals surface area contributed by atoms with Crippen LogP contribution in [-0.2, 0) is 19.1 Å². The van der Waals surface area contributed by atoms with E-state index in [1.165, 1.54) is 13.2 Å². The number of amides is 1. The van der Waals surface area contributed by atoms with Crippen LogP contribution in [0.1, 0.15) is 15.9 Å². The summed E-state index contributed by atoms with van der Waals surface area (Å²) in [4.78, 5) is 35.2. The van der Waals surface area contributed by atoms with Crippen molar-refractivity contribution in [2.75, 3.05) is 25.6 Å². The number of carbonyl (C=O) groups is 3. The number of carbonyl (C=O) groups excluding carboxylic acids is 3. The van der Waals surface area contributed by atoms with Crippen LogP contribution in [-0.4, -0.2) is 38.2 Å². The number of esters is 2. The van der Waals surface area contributed by atoms with Crippen molar-refractivity contribution in [2.45, 2.75) is 6.92 Å². The summed E-state index contributed by atoms with van der Waals surface area (Å²) in [5.74, 6) is -1.30. The molecule has 0 aliphatic carbocycles. The molecule has 136 valence electrons. The fraction of sp³-hybridized carbons (Fsp3) is 0.211. The van der Waals surface area contributed by atoms with Crippen molar-refractivity contribution in [1.82, 2.24) is 0 Å². The highest BCUT2D eigenvalue weighted by Gasteiger charge is 2.14. The Bertz CT molecular complexity index is 802. The molecule has 0 spiro atoms. The zero-order valence-corrected chi connectivity index (χ0v) is 14.5. The molecule has 0 saturated heterocycles. The highest BCUT2D eigenvalue weighted by atomic mass is 16.6. The lowest BCUT2D eigenvalue weighted by molar-refractivity contribution is -0.149. The highest BCUT2D eigenvalue weighted by molar-refractivity contribution is 6.01. The van der Waals surface area contributed by atoms with Crippen LogP contribution in [0.25, 0.3) is 0 Å². The van der Waals surface area contributed by atoms with Gasteiger partial charge in [-0.15, -0.1) is 0 Å². The lowest BCUT2D eigenvalue weighted by Gasteiger charge is -2.10. The third-order valence-electron chi connectivity index (χ3n) is 3.32.